The van der Waals surface area contributed by atoms with Gasteiger partial charge in [-0.3, -0.25) is 24.7 Å². The minimum absolute atomic E-state index is 0.126. The third-order valence-electron chi connectivity index (χ3n) is 4.56. The molecule has 0 bridgehead atoms. The molecule has 1 heterocycles. The number of hydrazine groups is 1. The molecule has 0 unspecified atom stereocenters. The number of benzene rings is 2. The summed E-state index contributed by atoms with van der Waals surface area (Å²) >= 11 is 11.4. The van der Waals surface area contributed by atoms with Crippen LogP contribution in [0.5, 0.6) is 0 Å². The first-order valence-electron chi connectivity index (χ1n) is 9.42. The van der Waals surface area contributed by atoms with Gasteiger partial charge in [-0.05, 0) is 49.0 Å². The van der Waals surface area contributed by atoms with E-state index in [-0.39, 0.29) is 29.9 Å². The van der Waals surface area contributed by atoms with Gasteiger partial charge in [-0.1, -0.05) is 41.9 Å². The Hall–Kier alpha value is -2.97. The summed E-state index contributed by atoms with van der Waals surface area (Å²) in [6, 6.07) is 14.8. The molecule has 1 atom stereocenters. The first kappa shape index (κ1) is 21.7. The van der Waals surface area contributed by atoms with E-state index < -0.39 is 11.9 Å². The second kappa shape index (κ2) is 9.69. The van der Waals surface area contributed by atoms with Crippen molar-refractivity contribution in [3.05, 3.63) is 70.7 Å². The van der Waals surface area contributed by atoms with Crippen molar-refractivity contribution in [2.45, 2.75) is 25.9 Å². The van der Waals surface area contributed by atoms with Crippen LogP contribution in [0.3, 0.4) is 0 Å². The summed E-state index contributed by atoms with van der Waals surface area (Å²) in [6.45, 7) is 2.48. The predicted octanol–water partition coefficient (Wildman–Crippen LogP) is 2.51. The normalized spacial score (nSPS) is 16.0. The summed E-state index contributed by atoms with van der Waals surface area (Å²) in [4.78, 5) is 39.4. The van der Waals surface area contributed by atoms with Gasteiger partial charge in [-0.2, -0.15) is 0 Å². The Morgan fingerprint density at radius 2 is 1.77 bits per heavy atom. The number of nitrogens with zero attached hydrogens (tertiary/aromatic N) is 2. The number of carbonyl (C=O) groups excluding carboxylic acids is 3. The largest absolute Gasteiger partial charge is 0.356 e. The fourth-order valence-electron chi connectivity index (χ4n) is 3.08. The van der Waals surface area contributed by atoms with Crippen LogP contribution in [0.25, 0.3) is 0 Å². The average Bonchev–Trinajstić information content (AvgIpc) is 2.94. The van der Waals surface area contributed by atoms with Crippen LogP contribution in [0.1, 0.15) is 29.3 Å². The molecule has 7 nitrogen and oxygen atoms in total. The average molecular weight is 445 g/mol. The van der Waals surface area contributed by atoms with Crippen molar-refractivity contribution in [3.63, 3.8) is 0 Å². The van der Waals surface area contributed by atoms with Crippen molar-refractivity contribution in [3.8, 4) is 0 Å². The highest BCUT2D eigenvalue weighted by molar-refractivity contribution is 7.80. The number of carbonyl (C=O) groups is 3. The molecule has 2 aromatic carbocycles. The van der Waals surface area contributed by atoms with E-state index in [0.717, 1.165) is 5.56 Å². The highest BCUT2D eigenvalue weighted by atomic mass is 35.5. The zero-order chi connectivity index (χ0) is 21.7. The third-order valence-corrected chi connectivity index (χ3v) is 5.23. The molecule has 0 saturated carbocycles. The van der Waals surface area contributed by atoms with Gasteiger partial charge in [0.15, 0.2) is 5.11 Å². The van der Waals surface area contributed by atoms with Gasteiger partial charge in [0.05, 0.1) is 13.0 Å². The number of hydrogen-bond donors (Lipinski definition) is 2. The van der Waals surface area contributed by atoms with Crippen molar-refractivity contribution in [1.82, 2.24) is 20.7 Å². The SMILES string of the molecule is CCNC(=O)C[C@@H]1C(=O)N(Cc2ccccc2)C(=S)N1NC(=O)c1ccc(Cl)cc1. The van der Waals surface area contributed by atoms with E-state index in [9.17, 15) is 14.4 Å². The number of hydrogen-bond acceptors (Lipinski definition) is 4. The van der Waals surface area contributed by atoms with Crippen LogP contribution in [0.15, 0.2) is 54.6 Å². The molecule has 1 fully saturated rings. The Labute approximate surface area is 185 Å². The Morgan fingerprint density at radius 3 is 2.40 bits per heavy atom. The monoisotopic (exact) mass is 444 g/mol. The van der Waals surface area contributed by atoms with Crippen LogP contribution in [0.4, 0.5) is 0 Å². The van der Waals surface area contributed by atoms with E-state index in [0.29, 0.717) is 17.1 Å². The van der Waals surface area contributed by atoms with Gasteiger partial charge in [0.2, 0.25) is 5.91 Å². The minimum Gasteiger partial charge on any atom is -0.356 e. The molecule has 2 N–H and O–H groups in total. The van der Waals surface area contributed by atoms with Crippen molar-refractivity contribution in [1.29, 1.82) is 0 Å². The number of halogens is 1. The summed E-state index contributed by atoms with van der Waals surface area (Å²) in [5, 5.41) is 4.62. The predicted molar refractivity (Wildman–Crippen MR) is 117 cm³/mol. The standard InChI is InChI=1S/C21H21ClN4O3S/c1-2-23-18(27)12-17-20(29)25(13-14-6-4-3-5-7-14)21(30)26(17)24-19(28)15-8-10-16(22)11-9-15/h3-11,17H,2,12-13H2,1H3,(H,23,27)(H,24,28)/t17-/m1/s1. The first-order chi connectivity index (χ1) is 14.4. The zero-order valence-corrected chi connectivity index (χ0v) is 17.9. The topological polar surface area (TPSA) is 81.8 Å². The van der Waals surface area contributed by atoms with Gasteiger partial charge in [-0.25, -0.2) is 5.01 Å². The van der Waals surface area contributed by atoms with Crippen molar-refractivity contribution < 1.29 is 14.4 Å². The lowest BCUT2D eigenvalue weighted by atomic mass is 10.1. The van der Waals surface area contributed by atoms with Crippen molar-refractivity contribution in [2.75, 3.05) is 6.54 Å². The molecular formula is C21H21ClN4O3S. The minimum atomic E-state index is -0.927. The lowest BCUT2D eigenvalue weighted by Gasteiger charge is -2.24. The van der Waals surface area contributed by atoms with E-state index >= 15 is 0 Å². The van der Waals surface area contributed by atoms with E-state index in [1.54, 1.807) is 31.2 Å². The molecular weight excluding hydrogens is 424 g/mol. The lowest BCUT2D eigenvalue weighted by molar-refractivity contribution is -0.132. The number of nitrogens with one attached hydrogen (secondary N) is 2. The molecule has 9 heteroatoms. The van der Waals surface area contributed by atoms with E-state index in [1.165, 1.54) is 9.91 Å². The summed E-state index contributed by atoms with van der Waals surface area (Å²) in [5.74, 6) is -1.10. The fraction of sp³-hybridized carbons (Fsp3) is 0.238. The molecule has 156 valence electrons. The Morgan fingerprint density at radius 1 is 1.10 bits per heavy atom. The van der Waals surface area contributed by atoms with E-state index in [4.69, 9.17) is 23.8 Å². The van der Waals surface area contributed by atoms with Crippen LogP contribution in [0.2, 0.25) is 5.02 Å². The molecule has 3 rings (SSSR count). The zero-order valence-electron chi connectivity index (χ0n) is 16.3. The Balaban J connectivity index is 1.83. The maximum Gasteiger partial charge on any atom is 0.269 e. The Bertz CT molecular complexity index is 952. The summed E-state index contributed by atoms with van der Waals surface area (Å²) in [6.07, 6.45) is -0.126. The van der Waals surface area contributed by atoms with Gasteiger partial charge >= 0.3 is 0 Å². The highest BCUT2D eigenvalue weighted by Crippen LogP contribution is 2.22. The molecule has 0 aliphatic carbocycles. The molecule has 1 aliphatic heterocycles. The molecule has 30 heavy (non-hydrogen) atoms. The van der Waals surface area contributed by atoms with Crippen LogP contribution in [-0.4, -0.2) is 45.3 Å². The van der Waals surface area contributed by atoms with Gasteiger partial charge in [-0.15, -0.1) is 0 Å². The van der Waals surface area contributed by atoms with Crippen LogP contribution in [0, 0.1) is 0 Å². The number of amides is 3. The molecule has 0 radical (unpaired) electrons. The van der Waals surface area contributed by atoms with Gasteiger partial charge in [0.25, 0.3) is 11.8 Å². The molecule has 0 aromatic heterocycles. The maximum atomic E-state index is 13.1. The van der Waals surface area contributed by atoms with Crippen LogP contribution in [-0.2, 0) is 16.1 Å². The second-order valence-corrected chi connectivity index (χ2v) is 7.49. The molecule has 3 amide bonds. The molecule has 0 spiro atoms. The summed E-state index contributed by atoms with van der Waals surface area (Å²) < 4.78 is 0. The lowest BCUT2D eigenvalue weighted by Crippen LogP contribution is -2.50. The molecule has 1 aliphatic rings. The van der Waals surface area contributed by atoms with Crippen molar-refractivity contribution >= 4 is 46.7 Å². The van der Waals surface area contributed by atoms with Gasteiger partial charge in [0.1, 0.15) is 6.04 Å². The van der Waals surface area contributed by atoms with Crippen molar-refractivity contribution in [2.24, 2.45) is 0 Å². The smallest absolute Gasteiger partial charge is 0.269 e. The quantitative estimate of drug-likeness (QED) is 0.641. The summed E-state index contributed by atoms with van der Waals surface area (Å²) in [5.41, 5.74) is 3.92. The summed E-state index contributed by atoms with van der Waals surface area (Å²) in [7, 11) is 0. The second-order valence-electron chi connectivity index (χ2n) is 6.68. The van der Waals surface area contributed by atoms with Crippen LogP contribution >= 0.6 is 23.8 Å². The third kappa shape index (κ3) is 4.95. The highest BCUT2D eigenvalue weighted by Gasteiger charge is 2.44. The number of thiocarbonyl (C=S) groups is 1. The van der Waals surface area contributed by atoms with E-state index in [1.807, 2.05) is 30.3 Å². The molecule has 1 saturated heterocycles. The van der Waals surface area contributed by atoms with Crippen LogP contribution < -0.4 is 10.7 Å². The van der Waals surface area contributed by atoms with Gasteiger partial charge < -0.3 is 5.32 Å². The maximum absolute atomic E-state index is 13.1. The first-order valence-corrected chi connectivity index (χ1v) is 10.2. The molecule has 2 aromatic rings. The fourth-order valence-corrected chi connectivity index (χ4v) is 3.54. The van der Waals surface area contributed by atoms with E-state index in [2.05, 4.69) is 10.7 Å². The number of rotatable bonds is 7. The van der Waals surface area contributed by atoms with Gasteiger partial charge in [0, 0.05) is 17.1 Å². The Kier molecular flexibility index (Phi) is 7.02.